The first kappa shape index (κ1) is 25.1. The van der Waals surface area contributed by atoms with E-state index >= 15 is 0 Å². The molecule has 1 saturated heterocycles. The average molecular weight is 517 g/mol. The van der Waals surface area contributed by atoms with Crippen molar-refractivity contribution in [1.29, 1.82) is 5.26 Å². The Balaban J connectivity index is 1.55. The van der Waals surface area contributed by atoms with Gasteiger partial charge in [0, 0.05) is 24.8 Å². The molecule has 4 aromatic rings. The molecular formula is C26H25FN8O3. The summed E-state index contributed by atoms with van der Waals surface area (Å²) < 4.78 is 23.1. The highest BCUT2D eigenvalue weighted by atomic mass is 19.1. The number of nitriles is 1. The lowest BCUT2D eigenvalue weighted by Crippen LogP contribution is -2.31. The lowest BCUT2D eigenvalue weighted by molar-refractivity contribution is 0.114. The molecule has 0 aliphatic carbocycles. The normalized spacial score (nSPS) is 14.7. The first-order valence-electron chi connectivity index (χ1n) is 12.1. The predicted molar refractivity (Wildman–Crippen MR) is 133 cm³/mol. The molecule has 5 rings (SSSR count). The number of aromatic nitrogens is 6. The first-order valence-corrected chi connectivity index (χ1v) is 12.1. The topological polar surface area (TPSA) is 138 Å². The second kappa shape index (κ2) is 10.8. The number of fused-ring (bicyclic) bond motifs is 1. The molecule has 11 nitrogen and oxygen atoms in total. The van der Waals surface area contributed by atoms with E-state index in [0.717, 1.165) is 24.7 Å². The number of halogens is 1. The minimum absolute atomic E-state index is 0.133. The Bertz CT molecular complexity index is 1540. The summed E-state index contributed by atoms with van der Waals surface area (Å²) in [6, 6.07) is 4.61. The number of aliphatic hydroxyl groups excluding tert-OH is 2. The molecule has 0 unspecified atom stereocenters. The first-order chi connectivity index (χ1) is 18.5. The lowest BCUT2D eigenvalue weighted by Gasteiger charge is -2.28. The molecule has 2 N–H and O–H groups in total. The summed E-state index contributed by atoms with van der Waals surface area (Å²) in [4.78, 5) is 5.79. The van der Waals surface area contributed by atoms with Gasteiger partial charge in [-0.05, 0) is 38.0 Å². The van der Waals surface area contributed by atoms with Crippen molar-refractivity contribution in [3.63, 3.8) is 0 Å². The highest BCUT2D eigenvalue weighted by molar-refractivity contribution is 5.75. The summed E-state index contributed by atoms with van der Waals surface area (Å²) in [6.45, 7) is 2.56. The molecule has 0 bridgehead atoms. The number of nitrogens with zero attached hydrogens (tertiary/aromatic N) is 8. The standard InChI is InChI=1S/C26H25FN8O3/c1-17-25(31-32-35(17)21-6-8-33(16-28)9-7-21)19-11-23(26-18(3-2-10-36)12-30-34(26)14-19)38-24(15-37)22-5-4-20(27)13-29-22/h4-5,11-14,21,24,36-37H,6-10,15H2,1H3/t24-/m1/s1. The molecule has 0 spiro atoms. The number of ether oxygens (including phenoxy) is 1. The van der Waals surface area contributed by atoms with E-state index in [-0.39, 0.29) is 12.6 Å². The van der Waals surface area contributed by atoms with E-state index in [2.05, 4.69) is 38.4 Å². The number of hydrogen-bond donors (Lipinski definition) is 2. The van der Waals surface area contributed by atoms with E-state index in [0.29, 0.717) is 46.9 Å². The number of hydrogen-bond acceptors (Lipinski definition) is 9. The Morgan fingerprint density at radius 3 is 2.74 bits per heavy atom. The van der Waals surface area contributed by atoms with Crippen LogP contribution >= 0.6 is 0 Å². The van der Waals surface area contributed by atoms with Gasteiger partial charge in [-0.2, -0.15) is 10.4 Å². The van der Waals surface area contributed by atoms with Crippen LogP contribution in [0.1, 0.15) is 41.9 Å². The van der Waals surface area contributed by atoms with Crippen LogP contribution in [-0.2, 0) is 0 Å². The molecular weight excluding hydrogens is 491 g/mol. The molecule has 0 saturated carbocycles. The van der Waals surface area contributed by atoms with Gasteiger partial charge in [-0.3, -0.25) is 4.98 Å². The highest BCUT2D eigenvalue weighted by Gasteiger charge is 2.25. The van der Waals surface area contributed by atoms with Gasteiger partial charge < -0.3 is 19.8 Å². The molecule has 194 valence electrons. The third-order valence-corrected chi connectivity index (χ3v) is 6.55. The number of piperidine rings is 1. The van der Waals surface area contributed by atoms with Crippen molar-refractivity contribution in [2.75, 3.05) is 26.3 Å². The fraction of sp³-hybridized carbons (Fsp3) is 0.346. The Labute approximate surface area is 217 Å². The number of likely N-dealkylation sites (tertiary alicyclic amines) is 1. The van der Waals surface area contributed by atoms with Gasteiger partial charge in [0.25, 0.3) is 0 Å². The molecule has 1 aliphatic rings. The van der Waals surface area contributed by atoms with Gasteiger partial charge in [-0.15, -0.1) is 5.10 Å². The van der Waals surface area contributed by atoms with E-state index in [1.165, 1.54) is 12.1 Å². The van der Waals surface area contributed by atoms with Crippen LogP contribution in [0.4, 0.5) is 4.39 Å². The number of pyridine rings is 2. The van der Waals surface area contributed by atoms with Crippen LogP contribution in [0.15, 0.2) is 36.8 Å². The third kappa shape index (κ3) is 4.87. The Kier molecular flexibility index (Phi) is 7.18. The predicted octanol–water partition coefficient (Wildman–Crippen LogP) is 2.01. The quantitative estimate of drug-likeness (QED) is 0.291. The molecule has 1 aliphatic heterocycles. The van der Waals surface area contributed by atoms with Gasteiger partial charge >= 0.3 is 0 Å². The van der Waals surface area contributed by atoms with Crippen molar-refractivity contribution in [3.8, 4) is 35.0 Å². The van der Waals surface area contributed by atoms with Crippen LogP contribution in [0.5, 0.6) is 5.75 Å². The summed E-state index contributed by atoms with van der Waals surface area (Å²) in [5.41, 5.74) is 3.58. The van der Waals surface area contributed by atoms with Crippen molar-refractivity contribution >= 4 is 5.52 Å². The Morgan fingerprint density at radius 2 is 2.05 bits per heavy atom. The van der Waals surface area contributed by atoms with Crippen LogP contribution in [-0.4, -0.2) is 71.0 Å². The van der Waals surface area contributed by atoms with Crippen LogP contribution in [0.3, 0.4) is 0 Å². The zero-order valence-corrected chi connectivity index (χ0v) is 20.6. The van der Waals surface area contributed by atoms with E-state index in [4.69, 9.17) is 10.00 Å². The van der Waals surface area contributed by atoms with Crippen molar-refractivity contribution in [2.24, 2.45) is 0 Å². The average Bonchev–Trinajstić information content (AvgIpc) is 3.54. The second-order valence-electron chi connectivity index (χ2n) is 8.88. The van der Waals surface area contributed by atoms with Gasteiger partial charge in [0.2, 0.25) is 0 Å². The van der Waals surface area contributed by atoms with Crippen molar-refractivity contribution in [3.05, 3.63) is 59.6 Å². The second-order valence-corrected chi connectivity index (χ2v) is 8.88. The van der Waals surface area contributed by atoms with E-state index in [1.807, 2.05) is 11.6 Å². The van der Waals surface area contributed by atoms with Gasteiger partial charge in [-0.1, -0.05) is 17.1 Å². The maximum absolute atomic E-state index is 13.4. The Hall–Kier alpha value is -4.52. The van der Waals surface area contributed by atoms with Crippen molar-refractivity contribution < 1.29 is 19.3 Å². The van der Waals surface area contributed by atoms with Gasteiger partial charge in [-0.25, -0.2) is 13.6 Å². The summed E-state index contributed by atoms with van der Waals surface area (Å²) in [5.74, 6) is 5.35. The molecule has 0 amide bonds. The van der Waals surface area contributed by atoms with Crippen molar-refractivity contribution in [1.82, 2.24) is 34.5 Å². The zero-order chi connectivity index (χ0) is 26.6. The minimum atomic E-state index is -0.884. The molecule has 4 aromatic heterocycles. The van der Waals surface area contributed by atoms with Crippen molar-refractivity contribution in [2.45, 2.75) is 31.9 Å². The molecule has 38 heavy (non-hydrogen) atoms. The maximum atomic E-state index is 13.4. The van der Waals surface area contributed by atoms with E-state index < -0.39 is 18.5 Å². The molecule has 5 heterocycles. The number of rotatable bonds is 6. The maximum Gasteiger partial charge on any atom is 0.179 e. The molecule has 0 radical (unpaired) electrons. The van der Waals surface area contributed by atoms with E-state index in [9.17, 15) is 14.6 Å². The fourth-order valence-corrected chi connectivity index (χ4v) is 4.62. The lowest BCUT2D eigenvalue weighted by atomic mass is 10.0. The Morgan fingerprint density at radius 1 is 1.24 bits per heavy atom. The van der Waals surface area contributed by atoms with Gasteiger partial charge in [0.15, 0.2) is 12.3 Å². The van der Waals surface area contributed by atoms with Crippen LogP contribution in [0.25, 0.3) is 16.8 Å². The van der Waals surface area contributed by atoms with Gasteiger partial charge in [0.1, 0.15) is 29.4 Å². The summed E-state index contributed by atoms with van der Waals surface area (Å²) in [6.07, 6.45) is 7.30. The molecule has 1 fully saturated rings. The summed E-state index contributed by atoms with van der Waals surface area (Å²) >= 11 is 0. The van der Waals surface area contributed by atoms with Crippen LogP contribution in [0.2, 0.25) is 0 Å². The van der Waals surface area contributed by atoms with Gasteiger partial charge in [0.05, 0.1) is 42.0 Å². The summed E-state index contributed by atoms with van der Waals surface area (Å²) in [5, 5.41) is 41.7. The monoisotopic (exact) mass is 516 g/mol. The molecule has 12 heteroatoms. The molecule has 0 aromatic carbocycles. The highest BCUT2D eigenvalue weighted by Crippen LogP contribution is 2.34. The number of aliphatic hydroxyl groups is 2. The van der Waals surface area contributed by atoms with E-state index in [1.54, 1.807) is 27.9 Å². The third-order valence-electron chi connectivity index (χ3n) is 6.55. The fourth-order valence-electron chi connectivity index (χ4n) is 4.62. The SMILES string of the molecule is Cc1c(-c2cc(O[C@H](CO)c3ccc(F)cn3)c3c(C#CCO)cnn3c2)nnn1C1CCN(C#N)CC1. The smallest absolute Gasteiger partial charge is 0.179 e. The minimum Gasteiger partial charge on any atom is -0.479 e. The largest absolute Gasteiger partial charge is 0.479 e. The zero-order valence-electron chi connectivity index (χ0n) is 20.6. The molecule has 1 atom stereocenters. The summed E-state index contributed by atoms with van der Waals surface area (Å²) in [7, 11) is 0. The van der Waals surface area contributed by atoms with Crippen LogP contribution < -0.4 is 4.74 Å². The van der Waals surface area contributed by atoms with Crippen LogP contribution in [0, 0.1) is 36.0 Å².